The second-order valence-electron chi connectivity index (χ2n) is 10.6. The molecule has 1 atom stereocenters. The molecule has 5 rings (SSSR count). The number of carboxylic acid groups (broad SMARTS) is 1. The Morgan fingerprint density at radius 2 is 1.83 bits per heavy atom. The van der Waals surface area contributed by atoms with E-state index in [1.54, 1.807) is 25.3 Å². The number of carbonyl (C=O) groups excluding carboxylic acids is 1. The summed E-state index contributed by atoms with van der Waals surface area (Å²) >= 11 is 0. The predicted octanol–water partition coefficient (Wildman–Crippen LogP) is 5.42. The number of amides is 1. The van der Waals surface area contributed by atoms with Crippen molar-refractivity contribution in [2.24, 2.45) is 10.8 Å². The topological polar surface area (TPSA) is 75.4 Å². The van der Waals surface area contributed by atoms with Crippen molar-refractivity contribution >= 4 is 22.9 Å². The van der Waals surface area contributed by atoms with Gasteiger partial charge in [-0.2, -0.15) is 0 Å². The van der Waals surface area contributed by atoms with Crippen molar-refractivity contribution in [3.63, 3.8) is 0 Å². The van der Waals surface area contributed by atoms with Gasteiger partial charge in [-0.15, -0.1) is 0 Å². The highest BCUT2D eigenvalue weighted by Gasteiger charge is 2.50. The molecule has 1 saturated carbocycles. The van der Waals surface area contributed by atoms with Gasteiger partial charge in [-0.05, 0) is 67.0 Å². The first-order valence-corrected chi connectivity index (χ1v) is 12.2. The number of fused-ring (bicyclic) bond motifs is 3. The van der Waals surface area contributed by atoms with Gasteiger partial charge in [0.25, 0.3) is 0 Å². The van der Waals surface area contributed by atoms with E-state index in [9.17, 15) is 14.0 Å². The van der Waals surface area contributed by atoms with E-state index < -0.39 is 11.4 Å². The molecular weight excluding hydrogens is 445 g/mol. The number of benzene rings is 1. The number of hydrogen-bond acceptors (Lipinski definition) is 3. The molecule has 0 unspecified atom stereocenters. The summed E-state index contributed by atoms with van der Waals surface area (Å²) in [6.45, 7) is 9.53. The van der Waals surface area contributed by atoms with Crippen LogP contribution >= 0.6 is 0 Å². The molecule has 1 aliphatic carbocycles. The number of aromatic nitrogens is 2. The highest BCUT2D eigenvalue weighted by atomic mass is 19.1. The lowest BCUT2D eigenvalue weighted by atomic mass is 9.69. The second-order valence-corrected chi connectivity index (χ2v) is 10.6. The van der Waals surface area contributed by atoms with Crippen LogP contribution in [0.5, 0.6) is 0 Å². The predicted molar refractivity (Wildman–Crippen MR) is 133 cm³/mol. The largest absolute Gasteiger partial charge is 0.481 e. The third-order valence-corrected chi connectivity index (χ3v) is 8.16. The average Bonchev–Trinajstić information content (AvgIpc) is 3.29. The van der Waals surface area contributed by atoms with Crippen LogP contribution in [0.1, 0.15) is 63.8 Å². The highest BCUT2D eigenvalue weighted by Crippen LogP contribution is 2.52. The number of carboxylic acids is 1. The van der Waals surface area contributed by atoms with Gasteiger partial charge in [0, 0.05) is 37.3 Å². The molecule has 3 aromatic rings. The number of pyridine rings is 1. The summed E-state index contributed by atoms with van der Waals surface area (Å²) in [6.07, 6.45) is 5.55. The van der Waals surface area contributed by atoms with Crippen molar-refractivity contribution in [1.82, 2.24) is 14.5 Å². The van der Waals surface area contributed by atoms with E-state index in [1.807, 2.05) is 31.7 Å². The molecule has 2 aromatic heterocycles. The summed E-state index contributed by atoms with van der Waals surface area (Å²) in [5.74, 6) is -0.786. The first-order chi connectivity index (χ1) is 16.5. The SMILES string of the molecule is CC(=O)N1CCc2c(n(Cc3ccc(F)cc3)c3ncccc23)C1.CC1(C)CCC[C@@]1(C)C(=O)O. The van der Waals surface area contributed by atoms with Gasteiger partial charge in [0.15, 0.2) is 0 Å². The molecule has 35 heavy (non-hydrogen) atoms. The molecule has 1 fully saturated rings. The van der Waals surface area contributed by atoms with Gasteiger partial charge >= 0.3 is 5.97 Å². The van der Waals surface area contributed by atoms with Crippen LogP contribution in [0.15, 0.2) is 42.6 Å². The summed E-state index contributed by atoms with van der Waals surface area (Å²) in [6, 6.07) is 10.6. The summed E-state index contributed by atoms with van der Waals surface area (Å²) in [5.41, 5.74) is 3.83. The van der Waals surface area contributed by atoms with Gasteiger partial charge in [-0.1, -0.05) is 32.4 Å². The maximum Gasteiger partial charge on any atom is 0.309 e. The fraction of sp³-hybridized carbons (Fsp3) is 0.464. The first kappa shape index (κ1) is 24.9. The molecule has 6 nitrogen and oxygen atoms in total. The van der Waals surface area contributed by atoms with Gasteiger partial charge < -0.3 is 14.6 Å². The highest BCUT2D eigenvalue weighted by molar-refractivity contribution is 5.83. The minimum atomic E-state index is -0.639. The van der Waals surface area contributed by atoms with E-state index in [4.69, 9.17) is 5.11 Å². The summed E-state index contributed by atoms with van der Waals surface area (Å²) in [7, 11) is 0. The molecule has 2 aliphatic rings. The van der Waals surface area contributed by atoms with E-state index in [1.165, 1.54) is 17.7 Å². The Bertz CT molecular complexity index is 1250. The van der Waals surface area contributed by atoms with Crippen molar-refractivity contribution in [1.29, 1.82) is 0 Å². The van der Waals surface area contributed by atoms with Crippen molar-refractivity contribution < 1.29 is 19.1 Å². The van der Waals surface area contributed by atoms with Gasteiger partial charge in [-0.3, -0.25) is 9.59 Å². The van der Waals surface area contributed by atoms with E-state index in [2.05, 4.69) is 15.6 Å². The summed E-state index contributed by atoms with van der Waals surface area (Å²) < 4.78 is 15.3. The van der Waals surface area contributed by atoms with Crippen molar-refractivity contribution in [3.05, 3.63) is 65.2 Å². The van der Waals surface area contributed by atoms with E-state index in [-0.39, 0.29) is 17.1 Å². The number of nitrogens with zero attached hydrogens (tertiary/aromatic N) is 3. The van der Waals surface area contributed by atoms with E-state index in [0.29, 0.717) is 13.1 Å². The third kappa shape index (κ3) is 4.68. The molecule has 1 N–H and O–H groups in total. The van der Waals surface area contributed by atoms with Crippen LogP contribution in [-0.2, 0) is 29.1 Å². The molecule has 1 aliphatic heterocycles. The van der Waals surface area contributed by atoms with Crippen molar-refractivity contribution in [2.75, 3.05) is 6.54 Å². The van der Waals surface area contributed by atoms with Crippen LogP contribution in [0, 0.1) is 16.6 Å². The Balaban J connectivity index is 0.000000221. The zero-order chi connectivity index (χ0) is 25.4. The second kappa shape index (κ2) is 9.44. The van der Waals surface area contributed by atoms with Crippen LogP contribution in [0.4, 0.5) is 4.39 Å². The van der Waals surface area contributed by atoms with Crippen LogP contribution in [-0.4, -0.2) is 38.0 Å². The lowest BCUT2D eigenvalue weighted by molar-refractivity contribution is -0.153. The number of rotatable bonds is 3. The standard InChI is InChI=1S/C19H18FN3O.C9H16O2/c1-13(24)22-10-8-16-17-3-2-9-21-19(17)23(18(16)12-22)11-14-4-6-15(20)7-5-14;1-8(2)5-4-6-9(8,3)7(10)11/h2-7,9H,8,10-12H2,1H3;4-6H2,1-3H3,(H,10,11)/t;9-/m.0/s1. The number of halogens is 1. The van der Waals surface area contributed by atoms with Gasteiger partial charge in [0.1, 0.15) is 11.5 Å². The average molecular weight is 480 g/mol. The molecule has 0 bridgehead atoms. The number of hydrogen-bond donors (Lipinski definition) is 1. The van der Waals surface area contributed by atoms with Crippen molar-refractivity contribution in [2.45, 2.75) is 66.5 Å². The molecule has 0 saturated heterocycles. The number of aliphatic carboxylic acids is 1. The van der Waals surface area contributed by atoms with Crippen molar-refractivity contribution in [3.8, 4) is 0 Å². The summed E-state index contributed by atoms with van der Waals surface area (Å²) in [4.78, 5) is 29.1. The fourth-order valence-corrected chi connectivity index (χ4v) is 5.37. The van der Waals surface area contributed by atoms with Crippen LogP contribution in [0.25, 0.3) is 11.0 Å². The first-order valence-electron chi connectivity index (χ1n) is 12.2. The van der Waals surface area contributed by atoms with Gasteiger partial charge in [-0.25, -0.2) is 9.37 Å². The Hall–Kier alpha value is -3.22. The molecule has 186 valence electrons. The fourth-order valence-electron chi connectivity index (χ4n) is 5.37. The van der Waals surface area contributed by atoms with E-state index in [0.717, 1.165) is 54.5 Å². The van der Waals surface area contributed by atoms with Gasteiger partial charge in [0.2, 0.25) is 5.91 Å². The Morgan fingerprint density at radius 1 is 1.11 bits per heavy atom. The lowest BCUT2D eigenvalue weighted by Gasteiger charge is -2.33. The molecule has 0 spiro atoms. The molecule has 7 heteroatoms. The molecule has 1 amide bonds. The Labute approximate surface area is 205 Å². The maximum absolute atomic E-state index is 13.2. The third-order valence-electron chi connectivity index (χ3n) is 8.16. The smallest absolute Gasteiger partial charge is 0.309 e. The Kier molecular flexibility index (Phi) is 6.71. The molecular formula is C28H34FN3O3. The summed E-state index contributed by atoms with van der Waals surface area (Å²) in [5, 5.41) is 10.2. The van der Waals surface area contributed by atoms with Gasteiger partial charge in [0.05, 0.1) is 12.0 Å². The maximum atomic E-state index is 13.2. The van der Waals surface area contributed by atoms with E-state index >= 15 is 0 Å². The van der Waals surface area contributed by atoms with Crippen LogP contribution in [0.3, 0.4) is 0 Å². The minimum absolute atomic E-state index is 0.0289. The minimum Gasteiger partial charge on any atom is -0.481 e. The lowest BCUT2D eigenvalue weighted by Crippen LogP contribution is -2.37. The molecule has 3 heterocycles. The molecule has 1 aromatic carbocycles. The zero-order valence-electron chi connectivity index (χ0n) is 21.0. The molecule has 0 radical (unpaired) electrons. The Morgan fingerprint density at radius 3 is 2.40 bits per heavy atom. The quantitative estimate of drug-likeness (QED) is 0.545. The normalized spacial score (nSPS) is 20.8. The zero-order valence-corrected chi connectivity index (χ0v) is 21.0. The number of carbonyl (C=O) groups is 2. The van der Waals surface area contributed by atoms with Crippen LogP contribution < -0.4 is 0 Å². The monoisotopic (exact) mass is 479 g/mol. The van der Waals surface area contributed by atoms with Crippen LogP contribution in [0.2, 0.25) is 0 Å².